The molecule has 0 aliphatic rings. The van der Waals surface area contributed by atoms with Crippen LogP contribution >= 0.6 is 15.9 Å². The normalized spacial score (nSPS) is 12.9. The molecule has 106 valence electrons. The van der Waals surface area contributed by atoms with Crippen LogP contribution in [0.2, 0.25) is 0 Å². The lowest BCUT2D eigenvalue weighted by Crippen LogP contribution is -2.35. The highest BCUT2D eigenvalue weighted by Crippen LogP contribution is 2.19. The van der Waals surface area contributed by atoms with E-state index in [1.807, 2.05) is 0 Å². The maximum atomic E-state index is 13.2. The Kier molecular flexibility index (Phi) is 5.79. The molecule has 0 saturated heterocycles. The van der Waals surface area contributed by atoms with E-state index in [9.17, 15) is 9.18 Å². The van der Waals surface area contributed by atoms with Crippen molar-refractivity contribution in [2.24, 2.45) is 0 Å². The SMILES string of the molecule is CC(C)(C)OC(=O)N[C@@H](CCBr)c1cccc(F)c1. The van der Waals surface area contributed by atoms with Gasteiger partial charge in [-0.1, -0.05) is 28.1 Å². The summed E-state index contributed by atoms with van der Waals surface area (Å²) in [6, 6.07) is 5.94. The van der Waals surface area contributed by atoms with Crippen LogP contribution < -0.4 is 5.32 Å². The summed E-state index contributed by atoms with van der Waals surface area (Å²) in [7, 11) is 0. The molecule has 0 aromatic heterocycles. The van der Waals surface area contributed by atoms with Gasteiger partial charge in [0.15, 0.2) is 0 Å². The first kappa shape index (κ1) is 16.0. The van der Waals surface area contributed by atoms with Crippen LogP contribution in [0.15, 0.2) is 24.3 Å². The number of nitrogens with one attached hydrogen (secondary N) is 1. The molecule has 1 aromatic carbocycles. The van der Waals surface area contributed by atoms with Crippen molar-refractivity contribution < 1.29 is 13.9 Å². The fourth-order valence-corrected chi connectivity index (χ4v) is 2.06. The second-order valence-corrected chi connectivity index (χ2v) is 6.02. The molecule has 0 radical (unpaired) electrons. The zero-order chi connectivity index (χ0) is 14.5. The smallest absolute Gasteiger partial charge is 0.408 e. The molecule has 1 aromatic rings. The summed E-state index contributed by atoms with van der Waals surface area (Å²) >= 11 is 3.33. The number of hydrogen-bond donors (Lipinski definition) is 1. The second-order valence-electron chi connectivity index (χ2n) is 5.23. The van der Waals surface area contributed by atoms with Crippen LogP contribution in [0.5, 0.6) is 0 Å². The first-order chi connectivity index (χ1) is 8.81. The number of benzene rings is 1. The van der Waals surface area contributed by atoms with Crippen LogP contribution in [0.3, 0.4) is 0 Å². The number of carbonyl (C=O) groups is 1. The van der Waals surface area contributed by atoms with Gasteiger partial charge < -0.3 is 10.1 Å². The Balaban J connectivity index is 2.76. The molecule has 0 aliphatic heterocycles. The average Bonchev–Trinajstić information content (AvgIpc) is 2.26. The molecule has 19 heavy (non-hydrogen) atoms. The predicted molar refractivity (Wildman–Crippen MR) is 76.9 cm³/mol. The summed E-state index contributed by atoms with van der Waals surface area (Å²) in [4.78, 5) is 11.8. The summed E-state index contributed by atoms with van der Waals surface area (Å²) in [6.07, 6.45) is 0.158. The highest BCUT2D eigenvalue weighted by molar-refractivity contribution is 9.09. The number of amides is 1. The number of alkyl carbamates (subject to hydrolysis) is 1. The molecule has 1 N–H and O–H groups in total. The first-order valence-corrected chi connectivity index (χ1v) is 7.25. The van der Waals surface area contributed by atoms with E-state index < -0.39 is 11.7 Å². The minimum absolute atomic E-state index is 0.273. The minimum Gasteiger partial charge on any atom is -0.444 e. The molecule has 0 bridgehead atoms. The number of rotatable bonds is 4. The average molecular weight is 332 g/mol. The van der Waals surface area contributed by atoms with Gasteiger partial charge in [-0.15, -0.1) is 0 Å². The van der Waals surface area contributed by atoms with E-state index >= 15 is 0 Å². The fraction of sp³-hybridized carbons (Fsp3) is 0.500. The predicted octanol–water partition coefficient (Wildman–Crippen LogP) is 4.18. The lowest BCUT2D eigenvalue weighted by atomic mass is 10.0. The van der Waals surface area contributed by atoms with Crippen molar-refractivity contribution in [2.45, 2.75) is 38.8 Å². The highest BCUT2D eigenvalue weighted by Gasteiger charge is 2.20. The monoisotopic (exact) mass is 331 g/mol. The van der Waals surface area contributed by atoms with Crippen molar-refractivity contribution in [2.75, 3.05) is 5.33 Å². The lowest BCUT2D eigenvalue weighted by molar-refractivity contribution is 0.0502. The third kappa shape index (κ3) is 6.05. The van der Waals surface area contributed by atoms with Crippen LogP contribution in [0.4, 0.5) is 9.18 Å². The van der Waals surface area contributed by atoms with E-state index in [4.69, 9.17) is 4.74 Å². The van der Waals surface area contributed by atoms with Gasteiger partial charge in [-0.05, 0) is 44.9 Å². The Morgan fingerprint density at radius 1 is 1.47 bits per heavy atom. The number of carbonyl (C=O) groups excluding carboxylic acids is 1. The van der Waals surface area contributed by atoms with Crippen molar-refractivity contribution in [3.63, 3.8) is 0 Å². The Labute approximate surface area is 121 Å². The van der Waals surface area contributed by atoms with E-state index in [1.165, 1.54) is 12.1 Å². The Bertz CT molecular complexity index is 432. The quantitative estimate of drug-likeness (QED) is 0.840. The third-order valence-corrected chi connectivity index (χ3v) is 2.80. The summed E-state index contributed by atoms with van der Waals surface area (Å²) in [5.41, 5.74) is 0.177. The lowest BCUT2D eigenvalue weighted by Gasteiger charge is -2.23. The summed E-state index contributed by atoms with van der Waals surface area (Å²) in [6.45, 7) is 5.40. The van der Waals surface area contributed by atoms with Gasteiger partial charge in [0.2, 0.25) is 0 Å². The first-order valence-electron chi connectivity index (χ1n) is 6.13. The van der Waals surface area contributed by atoms with E-state index in [2.05, 4.69) is 21.2 Å². The van der Waals surface area contributed by atoms with Crippen molar-refractivity contribution in [1.29, 1.82) is 0 Å². The van der Waals surface area contributed by atoms with Crippen molar-refractivity contribution >= 4 is 22.0 Å². The van der Waals surface area contributed by atoms with Crippen molar-refractivity contribution in [3.8, 4) is 0 Å². The molecule has 0 fully saturated rings. The molecule has 0 unspecified atom stereocenters. The number of hydrogen-bond acceptors (Lipinski definition) is 2. The van der Waals surface area contributed by atoms with Gasteiger partial charge >= 0.3 is 6.09 Å². The molecule has 1 amide bonds. The standard InChI is InChI=1S/C14H19BrFNO2/c1-14(2,3)19-13(18)17-12(7-8-15)10-5-4-6-11(16)9-10/h4-6,9,12H,7-8H2,1-3H3,(H,17,18)/t12-/m0/s1. The van der Waals surface area contributed by atoms with Gasteiger partial charge in [-0.25, -0.2) is 9.18 Å². The Morgan fingerprint density at radius 3 is 2.68 bits per heavy atom. The molecule has 0 spiro atoms. The maximum absolute atomic E-state index is 13.2. The highest BCUT2D eigenvalue weighted by atomic mass is 79.9. The summed E-state index contributed by atoms with van der Waals surface area (Å²) in [5, 5.41) is 3.46. The van der Waals surface area contributed by atoms with E-state index in [1.54, 1.807) is 32.9 Å². The van der Waals surface area contributed by atoms with Crippen LogP contribution in [-0.2, 0) is 4.74 Å². The maximum Gasteiger partial charge on any atom is 0.408 e. The van der Waals surface area contributed by atoms with Gasteiger partial charge in [0.05, 0.1) is 6.04 Å². The molecule has 0 heterocycles. The zero-order valence-corrected chi connectivity index (χ0v) is 13.0. The van der Waals surface area contributed by atoms with Crippen LogP contribution in [0.1, 0.15) is 38.8 Å². The van der Waals surface area contributed by atoms with Crippen LogP contribution in [0, 0.1) is 5.82 Å². The molecule has 1 rings (SSSR count). The van der Waals surface area contributed by atoms with Crippen LogP contribution in [0.25, 0.3) is 0 Å². The number of halogens is 2. The van der Waals surface area contributed by atoms with Gasteiger partial charge in [0.25, 0.3) is 0 Å². The number of alkyl halides is 1. The molecule has 3 nitrogen and oxygen atoms in total. The van der Waals surface area contributed by atoms with Crippen molar-refractivity contribution in [1.82, 2.24) is 5.32 Å². The molecule has 0 saturated carbocycles. The third-order valence-electron chi connectivity index (χ3n) is 2.34. The molecular weight excluding hydrogens is 313 g/mol. The van der Waals surface area contributed by atoms with Crippen LogP contribution in [-0.4, -0.2) is 17.0 Å². The summed E-state index contributed by atoms with van der Waals surface area (Å²) in [5.74, 6) is -0.317. The second kappa shape index (κ2) is 6.89. The van der Waals surface area contributed by atoms with Gasteiger partial charge in [-0.2, -0.15) is 0 Å². The molecular formula is C14H19BrFNO2. The number of ether oxygens (including phenoxy) is 1. The van der Waals surface area contributed by atoms with Gasteiger partial charge in [-0.3, -0.25) is 0 Å². The Hall–Kier alpha value is -1.10. The van der Waals surface area contributed by atoms with Crippen molar-refractivity contribution in [3.05, 3.63) is 35.6 Å². The Morgan fingerprint density at radius 2 is 2.16 bits per heavy atom. The molecule has 5 heteroatoms. The summed E-state index contributed by atoms with van der Waals surface area (Å²) < 4.78 is 18.4. The minimum atomic E-state index is -0.551. The van der Waals surface area contributed by atoms with Gasteiger partial charge in [0, 0.05) is 5.33 Å². The van der Waals surface area contributed by atoms with E-state index in [0.717, 1.165) is 5.56 Å². The van der Waals surface area contributed by atoms with E-state index in [0.29, 0.717) is 11.8 Å². The topological polar surface area (TPSA) is 38.3 Å². The van der Waals surface area contributed by atoms with Gasteiger partial charge in [0.1, 0.15) is 11.4 Å². The molecule has 1 atom stereocenters. The zero-order valence-electron chi connectivity index (χ0n) is 11.4. The molecule has 0 aliphatic carbocycles. The fourth-order valence-electron chi connectivity index (χ4n) is 1.60. The largest absolute Gasteiger partial charge is 0.444 e. The van der Waals surface area contributed by atoms with E-state index in [-0.39, 0.29) is 11.9 Å².